The van der Waals surface area contributed by atoms with E-state index in [0.717, 1.165) is 18.8 Å². The van der Waals surface area contributed by atoms with Gasteiger partial charge in [-0.05, 0) is 31.8 Å². The molecule has 1 N–H and O–H groups in total. The molecule has 2 aromatic rings. The molecule has 2 rings (SSSR count). The van der Waals surface area contributed by atoms with Gasteiger partial charge >= 0.3 is 0 Å². The van der Waals surface area contributed by atoms with Crippen molar-refractivity contribution >= 4 is 11.6 Å². The van der Waals surface area contributed by atoms with Gasteiger partial charge in [-0.15, -0.1) is 0 Å². The molecule has 0 unspecified atom stereocenters. The van der Waals surface area contributed by atoms with Crippen LogP contribution in [0.3, 0.4) is 0 Å². The van der Waals surface area contributed by atoms with Crippen LogP contribution in [-0.4, -0.2) is 50.0 Å². The average molecular weight is 312 g/mol. The van der Waals surface area contributed by atoms with E-state index in [9.17, 15) is 4.79 Å². The molecule has 1 heterocycles. The molecule has 0 spiro atoms. The Hall–Kier alpha value is -2.40. The predicted molar refractivity (Wildman–Crippen MR) is 93.7 cm³/mol. The van der Waals surface area contributed by atoms with Crippen LogP contribution in [0.1, 0.15) is 16.1 Å². The Morgan fingerprint density at radius 1 is 1.09 bits per heavy atom. The molecule has 0 radical (unpaired) electrons. The second-order valence-corrected chi connectivity index (χ2v) is 5.80. The SMILES string of the molecule is CN(C)CCNC(=O)c1ccc(N(C)Cc2ccccc2)cn1. The number of nitrogens with zero attached hydrogens (tertiary/aromatic N) is 3. The largest absolute Gasteiger partial charge is 0.369 e. The molecule has 122 valence electrons. The highest BCUT2D eigenvalue weighted by Crippen LogP contribution is 2.14. The summed E-state index contributed by atoms with van der Waals surface area (Å²) in [6.45, 7) is 2.23. The maximum absolute atomic E-state index is 12.0. The Kier molecular flexibility index (Phi) is 6.11. The molecule has 0 aliphatic heterocycles. The van der Waals surface area contributed by atoms with Crippen LogP contribution in [0.5, 0.6) is 0 Å². The third kappa shape index (κ3) is 5.38. The first-order chi connectivity index (χ1) is 11.1. The first-order valence-electron chi connectivity index (χ1n) is 7.70. The summed E-state index contributed by atoms with van der Waals surface area (Å²) in [6.07, 6.45) is 1.74. The quantitative estimate of drug-likeness (QED) is 0.850. The standard InChI is InChI=1S/C18H24N4O/c1-21(2)12-11-19-18(23)17-10-9-16(13-20-17)22(3)14-15-7-5-4-6-8-15/h4-10,13H,11-12,14H2,1-3H3,(H,19,23). The van der Waals surface area contributed by atoms with Gasteiger partial charge in [0.05, 0.1) is 11.9 Å². The summed E-state index contributed by atoms with van der Waals surface area (Å²) in [5.41, 5.74) is 2.67. The van der Waals surface area contributed by atoms with Crippen LogP contribution >= 0.6 is 0 Å². The molecule has 5 heteroatoms. The molecule has 1 amide bonds. The first-order valence-corrected chi connectivity index (χ1v) is 7.70. The van der Waals surface area contributed by atoms with Gasteiger partial charge in [0.2, 0.25) is 0 Å². The second kappa shape index (κ2) is 8.29. The van der Waals surface area contributed by atoms with Crippen molar-refractivity contribution in [2.24, 2.45) is 0 Å². The highest BCUT2D eigenvalue weighted by molar-refractivity contribution is 5.92. The van der Waals surface area contributed by atoms with E-state index in [1.165, 1.54) is 5.56 Å². The van der Waals surface area contributed by atoms with Gasteiger partial charge in [0.15, 0.2) is 0 Å². The summed E-state index contributed by atoms with van der Waals surface area (Å²) in [4.78, 5) is 20.4. The lowest BCUT2D eigenvalue weighted by Gasteiger charge is -2.19. The fraction of sp³-hybridized carbons (Fsp3) is 0.333. The van der Waals surface area contributed by atoms with Crippen molar-refractivity contribution < 1.29 is 4.79 Å². The van der Waals surface area contributed by atoms with Gasteiger partial charge in [-0.1, -0.05) is 30.3 Å². The fourth-order valence-corrected chi connectivity index (χ4v) is 2.18. The van der Waals surface area contributed by atoms with Gasteiger partial charge in [0.1, 0.15) is 5.69 Å². The van der Waals surface area contributed by atoms with Crippen molar-refractivity contribution in [3.8, 4) is 0 Å². The minimum atomic E-state index is -0.135. The molecule has 0 saturated carbocycles. The number of anilines is 1. The van der Waals surface area contributed by atoms with Crippen molar-refractivity contribution in [1.29, 1.82) is 0 Å². The predicted octanol–water partition coefficient (Wildman–Crippen LogP) is 2.01. The molecule has 5 nitrogen and oxygen atoms in total. The number of benzene rings is 1. The summed E-state index contributed by atoms with van der Waals surface area (Å²) in [5.74, 6) is -0.135. The second-order valence-electron chi connectivity index (χ2n) is 5.80. The molecule has 23 heavy (non-hydrogen) atoms. The van der Waals surface area contributed by atoms with Gasteiger partial charge in [0.25, 0.3) is 5.91 Å². The van der Waals surface area contributed by atoms with Crippen LogP contribution in [0, 0.1) is 0 Å². The van der Waals surface area contributed by atoms with Gasteiger partial charge in [-0.2, -0.15) is 0 Å². The highest BCUT2D eigenvalue weighted by Gasteiger charge is 2.08. The van der Waals surface area contributed by atoms with Gasteiger partial charge in [-0.3, -0.25) is 4.79 Å². The molecule has 0 aliphatic carbocycles. The summed E-state index contributed by atoms with van der Waals surface area (Å²) in [6, 6.07) is 13.9. The zero-order chi connectivity index (χ0) is 16.7. The monoisotopic (exact) mass is 312 g/mol. The Labute approximate surface area is 137 Å². The summed E-state index contributed by atoms with van der Waals surface area (Å²) in [5, 5.41) is 2.86. The van der Waals surface area contributed by atoms with Crippen molar-refractivity contribution in [2.75, 3.05) is 39.1 Å². The molecule has 0 saturated heterocycles. The molecular weight excluding hydrogens is 288 g/mol. The minimum absolute atomic E-state index is 0.135. The number of likely N-dealkylation sites (N-methyl/N-ethyl adjacent to an activating group) is 1. The zero-order valence-electron chi connectivity index (χ0n) is 14.0. The fourth-order valence-electron chi connectivity index (χ4n) is 2.18. The van der Waals surface area contributed by atoms with Crippen LogP contribution in [0.4, 0.5) is 5.69 Å². The van der Waals surface area contributed by atoms with Crippen molar-refractivity contribution in [3.63, 3.8) is 0 Å². The topological polar surface area (TPSA) is 48.5 Å². The van der Waals surface area contributed by atoms with Crippen molar-refractivity contribution in [2.45, 2.75) is 6.54 Å². The number of aromatic nitrogens is 1. The Bertz CT molecular complexity index is 611. The third-order valence-electron chi connectivity index (χ3n) is 3.53. The number of carbonyl (C=O) groups is 1. The number of amides is 1. The first kappa shape index (κ1) is 17.0. The Balaban J connectivity index is 1.92. The number of hydrogen-bond donors (Lipinski definition) is 1. The van der Waals surface area contributed by atoms with E-state index in [4.69, 9.17) is 0 Å². The van der Waals surface area contributed by atoms with E-state index in [0.29, 0.717) is 12.2 Å². The van der Waals surface area contributed by atoms with Crippen LogP contribution in [-0.2, 0) is 6.54 Å². The molecule has 0 aliphatic rings. The van der Waals surface area contributed by atoms with Gasteiger partial charge < -0.3 is 15.1 Å². The number of pyridine rings is 1. The van der Waals surface area contributed by atoms with E-state index in [1.54, 1.807) is 12.3 Å². The van der Waals surface area contributed by atoms with Crippen LogP contribution in [0.25, 0.3) is 0 Å². The molecule has 1 aromatic carbocycles. The molecule has 1 aromatic heterocycles. The van der Waals surface area contributed by atoms with Gasteiger partial charge in [-0.25, -0.2) is 4.98 Å². The average Bonchev–Trinajstić information content (AvgIpc) is 2.55. The lowest BCUT2D eigenvalue weighted by Crippen LogP contribution is -2.31. The molecular formula is C18H24N4O. The van der Waals surface area contributed by atoms with E-state index in [1.807, 2.05) is 50.3 Å². The Morgan fingerprint density at radius 3 is 2.43 bits per heavy atom. The number of carbonyl (C=O) groups excluding carboxylic acids is 1. The highest BCUT2D eigenvalue weighted by atomic mass is 16.1. The lowest BCUT2D eigenvalue weighted by atomic mass is 10.2. The van der Waals surface area contributed by atoms with Crippen LogP contribution in [0.15, 0.2) is 48.7 Å². The lowest BCUT2D eigenvalue weighted by molar-refractivity contribution is 0.0946. The summed E-state index contributed by atoms with van der Waals surface area (Å²) in [7, 11) is 5.96. The van der Waals surface area contributed by atoms with Crippen LogP contribution in [0.2, 0.25) is 0 Å². The summed E-state index contributed by atoms with van der Waals surface area (Å²) < 4.78 is 0. The smallest absolute Gasteiger partial charge is 0.269 e. The zero-order valence-corrected chi connectivity index (χ0v) is 14.0. The van der Waals surface area contributed by atoms with E-state index in [-0.39, 0.29) is 5.91 Å². The molecule has 0 bridgehead atoms. The molecule has 0 atom stereocenters. The van der Waals surface area contributed by atoms with E-state index < -0.39 is 0 Å². The van der Waals surface area contributed by atoms with E-state index >= 15 is 0 Å². The van der Waals surface area contributed by atoms with Crippen LogP contribution < -0.4 is 10.2 Å². The summed E-state index contributed by atoms with van der Waals surface area (Å²) >= 11 is 0. The molecule has 0 fully saturated rings. The Morgan fingerprint density at radius 2 is 1.83 bits per heavy atom. The maximum Gasteiger partial charge on any atom is 0.269 e. The number of hydrogen-bond acceptors (Lipinski definition) is 4. The third-order valence-corrected chi connectivity index (χ3v) is 3.53. The minimum Gasteiger partial charge on any atom is -0.369 e. The van der Waals surface area contributed by atoms with Crippen molar-refractivity contribution in [3.05, 3.63) is 59.9 Å². The number of nitrogens with one attached hydrogen (secondary N) is 1. The normalized spacial score (nSPS) is 10.6. The van der Waals surface area contributed by atoms with Crippen molar-refractivity contribution in [1.82, 2.24) is 15.2 Å². The van der Waals surface area contributed by atoms with Gasteiger partial charge in [0, 0.05) is 26.7 Å². The van der Waals surface area contributed by atoms with E-state index in [2.05, 4.69) is 27.3 Å². The number of rotatable bonds is 7. The maximum atomic E-state index is 12.0.